The van der Waals surface area contributed by atoms with Gasteiger partial charge in [0.05, 0.1) is 18.4 Å². The summed E-state index contributed by atoms with van der Waals surface area (Å²) >= 11 is 3.48. The maximum atomic E-state index is 11.4. The molecule has 1 aliphatic carbocycles. The zero-order valence-corrected chi connectivity index (χ0v) is 11.9. The summed E-state index contributed by atoms with van der Waals surface area (Å²) in [6.45, 7) is 0. The van der Waals surface area contributed by atoms with Crippen LogP contribution in [0.2, 0.25) is 0 Å². The van der Waals surface area contributed by atoms with Crippen LogP contribution in [-0.4, -0.2) is 27.6 Å². The predicted molar refractivity (Wildman–Crippen MR) is 73.4 cm³/mol. The molecule has 100 valence electrons. The van der Waals surface area contributed by atoms with Gasteiger partial charge in [0.15, 0.2) is 0 Å². The molecule has 6 nitrogen and oxygen atoms in total. The molecule has 0 saturated heterocycles. The number of halogens is 1. The lowest BCUT2D eigenvalue weighted by molar-refractivity contribution is -0.149. The van der Waals surface area contributed by atoms with E-state index >= 15 is 0 Å². The number of carbonyl (C=O) groups is 1. The summed E-state index contributed by atoms with van der Waals surface area (Å²) in [6.07, 6.45) is 4.95. The van der Waals surface area contributed by atoms with Crippen molar-refractivity contribution in [1.29, 1.82) is 0 Å². The van der Waals surface area contributed by atoms with Crippen LogP contribution in [0, 0.1) is 5.92 Å². The second kappa shape index (κ2) is 4.48. The van der Waals surface area contributed by atoms with Crippen molar-refractivity contribution < 1.29 is 9.53 Å². The number of ether oxygens (including phenoxy) is 1. The first-order valence-corrected chi connectivity index (χ1v) is 6.75. The zero-order chi connectivity index (χ0) is 13.6. The largest absolute Gasteiger partial charge is 0.469 e. The molecule has 0 atom stereocenters. The molecular formula is C12H13BrN4O2. The van der Waals surface area contributed by atoms with Gasteiger partial charge in [0, 0.05) is 16.7 Å². The van der Waals surface area contributed by atoms with Gasteiger partial charge in [0.1, 0.15) is 17.8 Å². The molecule has 0 amide bonds. The van der Waals surface area contributed by atoms with Gasteiger partial charge in [-0.05, 0) is 28.8 Å². The Morgan fingerprint density at radius 2 is 2.26 bits per heavy atom. The fraction of sp³-hybridized carbons (Fsp3) is 0.417. The monoisotopic (exact) mass is 324 g/mol. The van der Waals surface area contributed by atoms with E-state index in [0.29, 0.717) is 5.82 Å². The number of fused-ring (bicyclic) bond motifs is 1. The molecule has 2 aromatic rings. The lowest BCUT2D eigenvalue weighted by Gasteiger charge is -2.34. The first kappa shape index (κ1) is 12.4. The Hall–Kier alpha value is -1.63. The van der Waals surface area contributed by atoms with Gasteiger partial charge in [0.2, 0.25) is 0 Å². The molecule has 0 spiro atoms. The topological polar surface area (TPSA) is 83.0 Å². The molecule has 3 rings (SSSR count). The van der Waals surface area contributed by atoms with Gasteiger partial charge >= 0.3 is 5.97 Å². The average Bonchev–Trinajstić information content (AvgIpc) is 2.66. The Bertz CT molecular complexity index is 648. The summed E-state index contributed by atoms with van der Waals surface area (Å²) in [5.74, 6) is 0.311. The Labute approximate surface area is 118 Å². The quantitative estimate of drug-likeness (QED) is 0.853. The Morgan fingerprint density at radius 1 is 1.53 bits per heavy atom. The first-order valence-electron chi connectivity index (χ1n) is 5.96. The molecule has 0 unspecified atom stereocenters. The van der Waals surface area contributed by atoms with E-state index in [1.165, 1.54) is 13.4 Å². The van der Waals surface area contributed by atoms with Gasteiger partial charge in [-0.3, -0.25) is 4.79 Å². The van der Waals surface area contributed by atoms with Crippen LogP contribution in [0.1, 0.15) is 18.9 Å². The Morgan fingerprint density at radius 3 is 2.95 bits per heavy atom. The first-order chi connectivity index (χ1) is 9.11. The highest BCUT2D eigenvalue weighted by atomic mass is 79.9. The van der Waals surface area contributed by atoms with E-state index in [1.54, 1.807) is 0 Å². The lowest BCUT2D eigenvalue weighted by Crippen LogP contribution is -2.33. The maximum absolute atomic E-state index is 11.4. The van der Waals surface area contributed by atoms with Crippen molar-refractivity contribution in [2.75, 3.05) is 12.8 Å². The summed E-state index contributed by atoms with van der Waals surface area (Å²) in [5, 5.41) is 0.823. The number of anilines is 1. The van der Waals surface area contributed by atoms with Gasteiger partial charge in [-0.15, -0.1) is 0 Å². The van der Waals surface area contributed by atoms with Crippen LogP contribution in [0.5, 0.6) is 0 Å². The van der Waals surface area contributed by atoms with Crippen molar-refractivity contribution in [1.82, 2.24) is 14.5 Å². The van der Waals surface area contributed by atoms with Crippen LogP contribution in [0.15, 0.2) is 17.0 Å². The fourth-order valence-corrected chi connectivity index (χ4v) is 3.12. The second-order valence-corrected chi connectivity index (χ2v) is 5.54. The summed E-state index contributed by atoms with van der Waals surface area (Å²) < 4.78 is 7.68. The normalized spacial score (nSPS) is 22.2. The number of nitrogens with zero attached hydrogens (tertiary/aromatic N) is 3. The summed E-state index contributed by atoms with van der Waals surface area (Å²) in [7, 11) is 1.42. The molecule has 1 fully saturated rings. The molecule has 19 heavy (non-hydrogen) atoms. The zero-order valence-electron chi connectivity index (χ0n) is 10.3. The number of rotatable bonds is 2. The van der Waals surface area contributed by atoms with Gasteiger partial charge in [-0.25, -0.2) is 9.97 Å². The summed E-state index contributed by atoms with van der Waals surface area (Å²) in [4.78, 5) is 19.7. The van der Waals surface area contributed by atoms with Crippen LogP contribution < -0.4 is 5.73 Å². The molecule has 2 heterocycles. The van der Waals surface area contributed by atoms with E-state index < -0.39 is 0 Å². The number of hydrogen-bond donors (Lipinski definition) is 1. The highest BCUT2D eigenvalue weighted by molar-refractivity contribution is 9.10. The number of hydrogen-bond acceptors (Lipinski definition) is 5. The van der Waals surface area contributed by atoms with Crippen molar-refractivity contribution in [2.45, 2.75) is 18.9 Å². The number of nitrogen functional groups attached to an aromatic ring is 1. The number of aromatic nitrogens is 3. The molecule has 2 aromatic heterocycles. The number of nitrogens with two attached hydrogens (primary N) is 1. The predicted octanol–water partition coefficient (Wildman–Crippen LogP) is 1.90. The van der Waals surface area contributed by atoms with E-state index in [-0.39, 0.29) is 17.9 Å². The standard InChI is InChI=1S/C12H13BrN4O2/c1-19-12(18)6-2-7(3-6)17-4-8(13)9-10(14)15-5-16-11(9)17/h4-7H,2-3H2,1H3,(H2,14,15,16). The molecular weight excluding hydrogens is 312 g/mol. The Kier molecular flexibility index (Phi) is 2.93. The van der Waals surface area contributed by atoms with Crippen LogP contribution in [-0.2, 0) is 9.53 Å². The van der Waals surface area contributed by atoms with E-state index in [9.17, 15) is 4.79 Å². The van der Waals surface area contributed by atoms with E-state index in [1.807, 2.05) is 6.20 Å². The smallest absolute Gasteiger partial charge is 0.308 e. The maximum Gasteiger partial charge on any atom is 0.308 e. The SMILES string of the molecule is COC(=O)C1CC(n2cc(Br)c3c(N)ncnc32)C1. The van der Waals surface area contributed by atoms with Crippen molar-refractivity contribution >= 4 is 38.8 Å². The molecule has 0 aliphatic heterocycles. The summed E-state index contributed by atoms with van der Waals surface area (Å²) in [5.41, 5.74) is 6.66. The summed E-state index contributed by atoms with van der Waals surface area (Å²) in [6, 6.07) is 0.257. The van der Waals surface area contributed by atoms with Crippen molar-refractivity contribution in [3.8, 4) is 0 Å². The molecule has 1 saturated carbocycles. The van der Waals surface area contributed by atoms with Crippen molar-refractivity contribution in [3.63, 3.8) is 0 Å². The number of carbonyl (C=O) groups excluding carboxylic acids is 1. The minimum Gasteiger partial charge on any atom is -0.469 e. The van der Waals surface area contributed by atoms with Gasteiger partial charge < -0.3 is 15.0 Å². The minimum absolute atomic E-state index is 0.00888. The molecule has 1 aliphatic rings. The van der Waals surface area contributed by atoms with E-state index in [4.69, 9.17) is 10.5 Å². The minimum atomic E-state index is -0.138. The number of methoxy groups -OCH3 is 1. The van der Waals surface area contributed by atoms with E-state index in [0.717, 1.165) is 28.3 Å². The van der Waals surface area contributed by atoms with Crippen LogP contribution in [0.4, 0.5) is 5.82 Å². The highest BCUT2D eigenvalue weighted by Gasteiger charge is 2.37. The van der Waals surface area contributed by atoms with E-state index in [2.05, 4.69) is 30.5 Å². The molecule has 7 heteroatoms. The third-order valence-corrected chi connectivity index (χ3v) is 4.23. The Balaban J connectivity index is 1.92. The molecule has 0 bridgehead atoms. The fourth-order valence-electron chi connectivity index (χ4n) is 2.51. The van der Waals surface area contributed by atoms with Crippen LogP contribution in [0.25, 0.3) is 11.0 Å². The van der Waals surface area contributed by atoms with Crippen LogP contribution >= 0.6 is 15.9 Å². The van der Waals surface area contributed by atoms with Gasteiger partial charge in [-0.2, -0.15) is 0 Å². The van der Waals surface area contributed by atoms with Crippen molar-refractivity contribution in [2.24, 2.45) is 5.92 Å². The van der Waals surface area contributed by atoms with Gasteiger partial charge in [-0.1, -0.05) is 0 Å². The average molecular weight is 325 g/mol. The highest BCUT2D eigenvalue weighted by Crippen LogP contribution is 2.42. The molecule has 2 N–H and O–H groups in total. The van der Waals surface area contributed by atoms with Gasteiger partial charge in [0.25, 0.3) is 0 Å². The lowest BCUT2D eigenvalue weighted by atomic mass is 9.80. The molecule has 0 aromatic carbocycles. The van der Waals surface area contributed by atoms with Crippen LogP contribution in [0.3, 0.4) is 0 Å². The number of esters is 1. The molecule has 0 radical (unpaired) electrons. The second-order valence-electron chi connectivity index (χ2n) is 4.69. The third kappa shape index (κ3) is 1.88. The third-order valence-electron chi connectivity index (χ3n) is 3.63. The van der Waals surface area contributed by atoms with Crippen molar-refractivity contribution in [3.05, 3.63) is 17.0 Å².